The second-order valence-corrected chi connectivity index (χ2v) is 6.39. The lowest BCUT2D eigenvalue weighted by molar-refractivity contribution is 0.0937. The second-order valence-electron chi connectivity index (χ2n) is 4.43. The van der Waals surface area contributed by atoms with Gasteiger partial charge in [0.05, 0.1) is 5.56 Å². The summed E-state index contributed by atoms with van der Waals surface area (Å²) in [4.78, 5) is 15.9. The van der Waals surface area contributed by atoms with Crippen LogP contribution in [0, 0.1) is 0 Å². The Morgan fingerprint density at radius 1 is 1.56 bits per heavy atom. The summed E-state index contributed by atoms with van der Waals surface area (Å²) in [6, 6.07) is 3.65. The fourth-order valence-corrected chi connectivity index (χ4v) is 3.49. The Labute approximate surface area is 117 Å². The van der Waals surface area contributed by atoms with Crippen molar-refractivity contribution in [3.63, 3.8) is 0 Å². The summed E-state index contributed by atoms with van der Waals surface area (Å²) in [5.74, 6) is 1.10. The van der Waals surface area contributed by atoms with E-state index in [1.54, 1.807) is 12.1 Å². The molecule has 1 N–H and O–H groups in total. The molecule has 0 aromatic carbocycles. The molecule has 1 aliphatic carbocycles. The molecule has 98 valence electrons. The quantitative estimate of drug-likeness (QED) is 0.864. The standard InChI is InChI=1S/C13H17ClN2OS/c1-2-18-11-5-4-10(7-11)16-13(17)9-3-6-12(14)15-8-9/h3,6,8,10-11H,2,4-5,7H2,1H3,(H,16,17). The Morgan fingerprint density at radius 2 is 2.39 bits per heavy atom. The molecular formula is C13H17ClN2OS. The van der Waals surface area contributed by atoms with Crippen molar-refractivity contribution in [1.29, 1.82) is 0 Å². The highest BCUT2D eigenvalue weighted by Gasteiger charge is 2.25. The number of thioether (sulfide) groups is 1. The first-order chi connectivity index (χ1) is 8.69. The van der Waals surface area contributed by atoms with E-state index in [9.17, 15) is 4.79 Å². The van der Waals surface area contributed by atoms with Crippen LogP contribution in [0.3, 0.4) is 0 Å². The van der Waals surface area contributed by atoms with Gasteiger partial charge in [-0.15, -0.1) is 0 Å². The number of carbonyl (C=O) groups is 1. The monoisotopic (exact) mass is 284 g/mol. The van der Waals surface area contributed by atoms with Crippen molar-refractivity contribution in [1.82, 2.24) is 10.3 Å². The van der Waals surface area contributed by atoms with Crippen molar-refractivity contribution in [2.45, 2.75) is 37.5 Å². The minimum atomic E-state index is -0.0497. The van der Waals surface area contributed by atoms with Gasteiger partial charge in [0.15, 0.2) is 0 Å². The number of rotatable bonds is 4. The van der Waals surface area contributed by atoms with E-state index in [0.29, 0.717) is 22.0 Å². The maximum Gasteiger partial charge on any atom is 0.253 e. The van der Waals surface area contributed by atoms with Crippen molar-refractivity contribution in [2.24, 2.45) is 0 Å². The molecule has 1 fully saturated rings. The molecule has 1 heterocycles. The first-order valence-corrected chi connectivity index (χ1v) is 7.65. The molecule has 1 aromatic heterocycles. The molecule has 1 aliphatic rings. The van der Waals surface area contributed by atoms with Crippen LogP contribution in [-0.2, 0) is 0 Å². The van der Waals surface area contributed by atoms with Crippen LogP contribution in [-0.4, -0.2) is 27.9 Å². The largest absolute Gasteiger partial charge is 0.349 e. The molecule has 0 saturated heterocycles. The molecule has 5 heteroatoms. The Balaban J connectivity index is 1.87. The number of pyridine rings is 1. The van der Waals surface area contributed by atoms with Crippen molar-refractivity contribution in [2.75, 3.05) is 5.75 Å². The molecular weight excluding hydrogens is 268 g/mol. The Bertz CT molecular complexity index is 410. The summed E-state index contributed by atoms with van der Waals surface area (Å²) in [7, 11) is 0. The average Bonchev–Trinajstić information content (AvgIpc) is 2.78. The lowest BCUT2D eigenvalue weighted by Crippen LogP contribution is -2.33. The predicted molar refractivity (Wildman–Crippen MR) is 76.3 cm³/mol. The van der Waals surface area contributed by atoms with E-state index >= 15 is 0 Å². The highest BCUT2D eigenvalue weighted by atomic mass is 35.5. The van der Waals surface area contributed by atoms with Gasteiger partial charge in [0, 0.05) is 17.5 Å². The second kappa shape index (κ2) is 6.43. The van der Waals surface area contributed by atoms with Gasteiger partial charge >= 0.3 is 0 Å². The maximum atomic E-state index is 12.0. The number of amides is 1. The van der Waals surface area contributed by atoms with E-state index in [2.05, 4.69) is 17.2 Å². The van der Waals surface area contributed by atoms with Crippen LogP contribution in [0.4, 0.5) is 0 Å². The van der Waals surface area contributed by atoms with Gasteiger partial charge in [-0.25, -0.2) is 4.98 Å². The first kappa shape index (κ1) is 13.7. The third-order valence-corrected chi connectivity index (χ3v) is 4.57. The van der Waals surface area contributed by atoms with Crippen LogP contribution in [0.2, 0.25) is 5.15 Å². The summed E-state index contributed by atoms with van der Waals surface area (Å²) in [6.07, 6.45) is 4.86. The summed E-state index contributed by atoms with van der Waals surface area (Å²) in [5, 5.41) is 4.17. The van der Waals surface area contributed by atoms with Crippen LogP contribution < -0.4 is 5.32 Å². The number of nitrogens with one attached hydrogen (secondary N) is 1. The lowest BCUT2D eigenvalue weighted by Gasteiger charge is -2.13. The van der Waals surface area contributed by atoms with Crippen LogP contribution in [0.25, 0.3) is 0 Å². The first-order valence-electron chi connectivity index (χ1n) is 6.23. The van der Waals surface area contributed by atoms with Gasteiger partial charge < -0.3 is 5.32 Å². The van der Waals surface area contributed by atoms with Crippen LogP contribution >= 0.6 is 23.4 Å². The van der Waals surface area contributed by atoms with E-state index in [1.165, 1.54) is 12.6 Å². The minimum absolute atomic E-state index is 0.0497. The number of aromatic nitrogens is 1. The van der Waals surface area contributed by atoms with E-state index in [0.717, 1.165) is 18.6 Å². The molecule has 18 heavy (non-hydrogen) atoms. The van der Waals surface area contributed by atoms with Gasteiger partial charge in [-0.1, -0.05) is 18.5 Å². The smallest absolute Gasteiger partial charge is 0.253 e. The molecule has 2 rings (SSSR count). The van der Waals surface area contributed by atoms with Gasteiger partial charge in [-0.05, 0) is 37.1 Å². The molecule has 2 atom stereocenters. The fraction of sp³-hybridized carbons (Fsp3) is 0.538. The molecule has 3 nitrogen and oxygen atoms in total. The Morgan fingerprint density at radius 3 is 3.06 bits per heavy atom. The molecule has 1 amide bonds. The van der Waals surface area contributed by atoms with Crippen LogP contribution in [0.15, 0.2) is 18.3 Å². The Hall–Kier alpha value is -0.740. The fourth-order valence-electron chi connectivity index (χ4n) is 2.24. The van der Waals surface area contributed by atoms with Gasteiger partial charge in [0.25, 0.3) is 5.91 Å². The van der Waals surface area contributed by atoms with E-state index in [1.807, 2.05) is 11.8 Å². The zero-order valence-electron chi connectivity index (χ0n) is 10.4. The molecule has 0 bridgehead atoms. The van der Waals surface area contributed by atoms with Gasteiger partial charge in [-0.3, -0.25) is 4.79 Å². The molecule has 0 spiro atoms. The molecule has 0 aliphatic heterocycles. The highest BCUT2D eigenvalue weighted by Crippen LogP contribution is 2.29. The topological polar surface area (TPSA) is 42.0 Å². The molecule has 1 saturated carbocycles. The predicted octanol–water partition coefficient (Wildman–Crippen LogP) is 3.14. The number of hydrogen-bond acceptors (Lipinski definition) is 3. The number of carbonyl (C=O) groups excluding carboxylic acids is 1. The zero-order chi connectivity index (χ0) is 13.0. The van der Waals surface area contributed by atoms with Crippen LogP contribution in [0.5, 0.6) is 0 Å². The average molecular weight is 285 g/mol. The van der Waals surface area contributed by atoms with E-state index in [-0.39, 0.29) is 5.91 Å². The third kappa shape index (κ3) is 3.62. The minimum Gasteiger partial charge on any atom is -0.349 e. The number of hydrogen-bond donors (Lipinski definition) is 1. The van der Waals surface area contributed by atoms with Gasteiger partial charge in [0.2, 0.25) is 0 Å². The summed E-state index contributed by atoms with van der Waals surface area (Å²) in [6.45, 7) is 2.18. The zero-order valence-corrected chi connectivity index (χ0v) is 11.9. The Kier molecular flexibility index (Phi) is 4.89. The summed E-state index contributed by atoms with van der Waals surface area (Å²) in [5.41, 5.74) is 0.575. The molecule has 1 aromatic rings. The van der Waals surface area contributed by atoms with Crippen LogP contribution in [0.1, 0.15) is 36.5 Å². The van der Waals surface area contributed by atoms with E-state index < -0.39 is 0 Å². The lowest BCUT2D eigenvalue weighted by atomic mass is 10.2. The van der Waals surface area contributed by atoms with Gasteiger partial charge in [0.1, 0.15) is 5.15 Å². The number of halogens is 1. The van der Waals surface area contributed by atoms with Crippen molar-refractivity contribution in [3.8, 4) is 0 Å². The molecule has 0 radical (unpaired) electrons. The van der Waals surface area contributed by atoms with Crippen molar-refractivity contribution in [3.05, 3.63) is 29.0 Å². The third-order valence-electron chi connectivity index (χ3n) is 3.11. The SMILES string of the molecule is CCSC1CCC(NC(=O)c2ccc(Cl)nc2)C1. The van der Waals surface area contributed by atoms with E-state index in [4.69, 9.17) is 11.6 Å². The summed E-state index contributed by atoms with van der Waals surface area (Å²) >= 11 is 7.68. The van der Waals surface area contributed by atoms with Gasteiger partial charge in [-0.2, -0.15) is 11.8 Å². The molecule has 2 unspecified atom stereocenters. The highest BCUT2D eigenvalue weighted by molar-refractivity contribution is 7.99. The van der Waals surface area contributed by atoms with Crippen molar-refractivity contribution >= 4 is 29.3 Å². The maximum absolute atomic E-state index is 12.0. The summed E-state index contributed by atoms with van der Waals surface area (Å²) < 4.78 is 0. The number of nitrogens with zero attached hydrogens (tertiary/aromatic N) is 1. The van der Waals surface area contributed by atoms with Crippen molar-refractivity contribution < 1.29 is 4.79 Å². The normalized spacial score (nSPS) is 23.0.